The van der Waals surface area contributed by atoms with E-state index in [9.17, 15) is 26.4 Å². The Bertz CT molecular complexity index is 974. The minimum absolute atomic E-state index is 0.462. The number of amides is 1. The average Bonchev–Trinajstić information content (AvgIpc) is 2.42. The van der Waals surface area contributed by atoms with Crippen LogP contribution in [-0.2, 0) is 24.6 Å². The molecule has 0 saturated carbocycles. The van der Waals surface area contributed by atoms with Gasteiger partial charge in [0.05, 0.1) is 19.7 Å². The lowest BCUT2D eigenvalue weighted by atomic mass is 10.1. The second-order valence-electron chi connectivity index (χ2n) is 7.24. The second kappa shape index (κ2) is 7.19. The SMILES string of the molecule is CC(C)(C)OC(=O)c1cccc(S(=O)(=O)N[N+](C)(C)C(=O)O)c1S(C)(=O)=O. The Labute approximate surface area is 158 Å². The number of nitrogens with zero attached hydrogens (tertiary/aromatic N) is 1. The fraction of sp³-hybridized carbons (Fsp3) is 0.467. The molecule has 1 aromatic rings. The highest BCUT2D eigenvalue weighted by Gasteiger charge is 2.37. The van der Waals surface area contributed by atoms with Crippen molar-refractivity contribution in [1.82, 2.24) is 4.83 Å². The zero-order valence-corrected chi connectivity index (χ0v) is 17.4. The Morgan fingerprint density at radius 1 is 1.11 bits per heavy atom. The van der Waals surface area contributed by atoms with Crippen molar-refractivity contribution in [2.24, 2.45) is 0 Å². The molecule has 0 saturated heterocycles. The molecule has 1 aromatic carbocycles. The quantitative estimate of drug-likeness (QED) is 0.405. The summed E-state index contributed by atoms with van der Waals surface area (Å²) in [7, 11) is -6.74. The van der Waals surface area contributed by atoms with Gasteiger partial charge in [0.25, 0.3) is 10.0 Å². The van der Waals surface area contributed by atoms with E-state index in [1.165, 1.54) is 6.07 Å². The molecule has 0 aliphatic carbocycles. The summed E-state index contributed by atoms with van der Waals surface area (Å²) in [4.78, 5) is 24.0. The zero-order chi connectivity index (χ0) is 21.4. The molecule has 1 rings (SSSR count). The number of rotatable bonds is 5. The van der Waals surface area contributed by atoms with Crippen molar-refractivity contribution in [2.45, 2.75) is 36.2 Å². The average molecular weight is 423 g/mol. The highest BCUT2D eigenvalue weighted by Crippen LogP contribution is 2.27. The van der Waals surface area contributed by atoms with Crippen molar-refractivity contribution in [2.75, 3.05) is 20.4 Å². The number of carbonyl (C=O) groups is 2. The lowest BCUT2D eigenvalue weighted by molar-refractivity contribution is -0.847. The van der Waals surface area contributed by atoms with E-state index in [2.05, 4.69) is 0 Å². The molecule has 12 heteroatoms. The summed E-state index contributed by atoms with van der Waals surface area (Å²) in [5, 5.41) is 9.10. The molecule has 0 aromatic heterocycles. The van der Waals surface area contributed by atoms with Crippen LogP contribution in [0.3, 0.4) is 0 Å². The largest absolute Gasteiger partial charge is 0.533 e. The van der Waals surface area contributed by atoms with Gasteiger partial charge in [-0.3, -0.25) is 0 Å². The van der Waals surface area contributed by atoms with Crippen LogP contribution in [0.15, 0.2) is 28.0 Å². The van der Waals surface area contributed by atoms with Crippen molar-refractivity contribution in [3.8, 4) is 0 Å². The predicted molar refractivity (Wildman–Crippen MR) is 95.2 cm³/mol. The number of quaternary nitrogens is 1. The highest BCUT2D eigenvalue weighted by atomic mass is 32.2. The number of sulfone groups is 1. The topological polar surface area (TPSA) is 144 Å². The molecule has 152 valence electrons. The maximum absolute atomic E-state index is 12.7. The van der Waals surface area contributed by atoms with Crippen LogP contribution in [0.2, 0.25) is 0 Å². The molecule has 2 N–H and O–H groups in total. The predicted octanol–water partition coefficient (Wildman–Crippen LogP) is 0.993. The molecule has 0 aliphatic heterocycles. The van der Waals surface area contributed by atoms with Crippen LogP contribution in [0.1, 0.15) is 31.1 Å². The molecule has 0 atom stereocenters. The van der Waals surface area contributed by atoms with Gasteiger partial charge in [0.2, 0.25) is 0 Å². The number of esters is 1. The molecule has 0 radical (unpaired) electrons. The minimum atomic E-state index is -4.62. The summed E-state index contributed by atoms with van der Waals surface area (Å²) in [6.07, 6.45) is -0.783. The van der Waals surface area contributed by atoms with Crippen LogP contribution in [0, 0.1) is 0 Å². The van der Waals surface area contributed by atoms with Gasteiger partial charge in [0.1, 0.15) is 15.4 Å². The maximum Gasteiger partial charge on any atom is 0.533 e. The summed E-state index contributed by atoms with van der Waals surface area (Å²) < 4.78 is 53.8. The highest BCUT2D eigenvalue weighted by molar-refractivity contribution is 7.93. The molecule has 0 heterocycles. The van der Waals surface area contributed by atoms with Gasteiger partial charge < -0.3 is 9.84 Å². The van der Waals surface area contributed by atoms with E-state index in [0.717, 1.165) is 32.5 Å². The maximum atomic E-state index is 12.7. The van der Waals surface area contributed by atoms with Crippen molar-refractivity contribution in [3.05, 3.63) is 23.8 Å². The Balaban J connectivity index is 3.70. The van der Waals surface area contributed by atoms with Gasteiger partial charge in [0.15, 0.2) is 9.84 Å². The number of carbonyl (C=O) groups excluding carboxylic acids is 1. The molecular weight excluding hydrogens is 400 g/mol. The van der Waals surface area contributed by atoms with E-state index >= 15 is 0 Å². The van der Waals surface area contributed by atoms with E-state index in [1.54, 1.807) is 20.8 Å². The first-order valence-corrected chi connectivity index (χ1v) is 10.9. The number of hydrogen-bond donors (Lipinski definition) is 2. The third-order valence-corrected chi connectivity index (χ3v) is 6.01. The van der Waals surface area contributed by atoms with E-state index in [1.807, 2.05) is 4.83 Å². The lowest BCUT2D eigenvalue weighted by Gasteiger charge is -2.23. The van der Waals surface area contributed by atoms with Crippen LogP contribution >= 0.6 is 0 Å². The number of sulfonamides is 1. The summed E-state index contributed by atoms with van der Waals surface area (Å²) >= 11 is 0. The Morgan fingerprint density at radius 3 is 2.04 bits per heavy atom. The summed E-state index contributed by atoms with van der Waals surface area (Å²) in [6, 6.07) is 3.26. The molecule has 0 aliphatic rings. The normalized spacial score (nSPS) is 13.3. The van der Waals surface area contributed by atoms with E-state index < -0.39 is 57.5 Å². The number of ether oxygens (including phenoxy) is 1. The van der Waals surface area contributed by atoms with Gasteiger partial charge in [-0.15, -0.1) is 4.59 Å². The van der Waals surface area contributed by atoms with Gasteiger partial charge in [-0.2, -0.15) is 4.79 Å². The van der Waals surface area contributed by atoms with Crippen LogP contribution in [0.4, 0.5) is 4.79 Å². The van der Waals surface area contributed by atoms with Gasteiger partial charge >= 0.3 is 12.1 Å². The van der Waals surface area contributed by atoms with Crippen molar-refractivity contribution >= 4 is 31.9 Å². The molecular formula is C15H23N2O8S2+. The number of carboxylic acid groups (broad SMARTS) is 1. The first-order valence-electron chi connectivity index (χ1n) is 7.56. The molecule has 27 heavy (non-hydrogen) atoms. The smallest absolute Gasteiger partial charge is 0.456 e. The van der Waals surface area contributed by atoms with Crippen LogP contribution in [0.25, 0.3) is 0 Å². The van der Waals surface area contributed by atoms with Gasteiger partial charge in [-0.05, 0) is 37.7 Å². The first kappa shape index (κ1) is 23.0. The fourth-order valence-electron chi connectivity index (χ4n) is 1.99. The standard InChI is InChI=1S/C15H22N2O8S2/c1-15(2,3)25-13(18)10-8-7-9-11(12(10)26(6,21)22)27(23,24)16-17(4,5)14(19)20/h7-9,16H,1-6H3/p+1. The van der Waals surface area contributed by atoms with E-state index in [-0.39, 0.29) is 0 Å². The Morgan fingerprint density at radius 2 is 1.63 bits per heavy atom. The molecule has 0 unspecified atom stereocenters. The van der Waals surface area contributed by atoms with E-state index in [0.29, 0.717) is 0 Å². The van der Waals surface area contributed by atoms with Crippen molar-refractivity contribution in [3.63, 3.8) is 0 Å². The number of benzene rings is 1. The molecule has 0 spiro atoms. The summed E-state index contributed by atoms with van der Waals surface area (Å²) in [5.41, 5.74) is -1.41. The van der Waals surface area contributed by atoms with Gasteiger partial charge in [-0.1, -0.05) is 6.07 Å². The monoisotopic (exact) mass is 423 g/mol. The van der Waals surface area contributed by atoms with Crippen LogP contribution in [0.5, 0.6) is 0 Å². The number of nitrogens with one attached hydrogen (secondary N) is 1. The lowest BCUT2D eigenvalue weighted by Crippen LogP contribution is -2.57. The second-order valence-corrected chi connectivity index (χ2v) is 10.8. The first-order chi connectivity index (χ1) is 11.9. The zero-order valence-electron chi connectivity index (χ0n) is 15.8. The van der Waals surface area contributed by atoms with Crippen molar-refractivity contribution in [1.29, 1.82) is 0 Å². The molecule has 10 nitrogen and oxygen atoms in total. The summed E-state index contributed by atoms with van der Waals surface area (Å²) in [6.45, 7) is 4.71. The van der Waals surface area contributed by atoms with Crippen LogP contribution in [-0.4, -0.2) is 64.5 Å². The Hall–Kier alpha value is -2.02. The number of hydrogen-bond acceptors (Lipinski definition) is 7. The van der Waals surface area contributed by atoms with Crippen LogP contribution < -0.4 is 4.83 Å². The van der Waals surface area contributed by atoms with Gasteiger partial charge in [0, 0.05) is 6.26 Å². The molecule has 0 bridgehead atoms. The summed E-state index contributed by atoms with van der Waals surface area (Å²) in [5.74, 6) is -1.02. The molecule has 0 fully saturated rings. The van der Waals surface area contributed by atoms with E-state index in [4.69, 9.17) is 9.84 Å². The Kier molecular flexibility index (Phi) is 6.13. The third kappa shape index (κ3) is 5.73. The third-order valence-electron chi connectivity index (χ3n) is 3.08. The fourth-order valence-corrected chi connectivity index (χ4v) is 5.15. The van der Waals surface area contributed by atoms with Gasteiger partial charge in [-0.25, -0.2) is 21.6 Å². The van der Waals surface area contributed by atoms with Crippen molar-refractivity contribution < 1.29 is 40.9 Å². The minimum Gasteiger partial charge on any atom is -0.456 e. The molecule has 1 amide bonds.